The van der Waals surface area contributed by atoms with Crippen molar-refractivity contribution in [2.24, 2.45) is 5.41 Å². The van der Waals surface area contributed by atoms with Gasteiger partial charge in [0.25, 0.3) is 5.56 Å². The molecular formula is C19H25F3N2O5S. The lowest BCUT2D eigenvalue weighted by Crippen LogP contribution is -2.36. The summed E-state index contributed by atoms with van der Waals surface area (Å²) < 4.78 is 56.7. The molecular weight excluding hydrogens is 425 g/mol. The van der Waals surface area contributed by atoms with E-state index in [1.807, 2.05) is 0 Å². The van der Waals surface area contributed by atoms with Crippen LogP contribution in [0.3, 0.4) is 0 Å². The molecule has 2 rings (SSSR count). The summed E-state index contributed by atoms with van der Waals surface area (Å²) in [5.74, 6) is 3.61. The van der Waals surface area contributed by atoms with Gasteiger partial charge in [-0.3, -0.25) is 14.3 Å². The van der Waals surface area contributed by atoms with Crippen molar-refractivity contribution in [2.45, 2.75) is 51.8 Å². The first kappa shape index (κ1) is 24.5. The Kier molecular flexibility index (Phi) is 8.21. The minimum Gasteiger partial charge on any atom is -0.368 e. The molecule has 0 amide bonds. The Morgan fingerprint density at radius 2 is 2.07 bits per heavy atom. The molecule has 0 unspecified atom stereocenters. The van der Waals surface area contributed by atoms with Crippen LogP contribution in [-0.2, 0) is 20.4 Å². The zero-order chi connectivity index (χ0) is 22.5. The van der Waals surface area contributed by atoms with Gasteiger partial charge in [0.15, 0.2) is 0 Å². The van der Waals surface area contributed by atoms with E-state index in [0.717, 1.165) is 5.75 Å². The lowest BCUT2D eigenvalue weighted by atomic mass is 10.0. The minimum absolute atomic E-state index is 0.0235. The molecule has 0 saturated carbocycles. The first-order chi connectivity index (χ1) is 13.9. The predicted molar refractivity (Wildman–Crippen MR) is 106 cm³/mol. The van der Waals surface area contributed by atoms with Crippen LogP contribution in [0.2, 0.25) is 0 Å². The number of hydrogen-bond acceptors (Lipinski definition) is 6. The zero-order valence-electron chi connectivity index (χ0n) is 17.0. The minimum atomic E-state index is -4.91. The van der Waals surface area contributed by atoms with Crippen LogP contribution in [0.4, 0.5) is 13.2 Å². The molecule has 3 atom stereocenters. The number of aromatic amines is 1. The molecule has 1 aromatic heterocycles. The van der Waals surface area contributed by atoms with E-state index in [2.05, 4.69) is 26.7 Å². The standard InChI is InChI=1S/C19H25F3N2O5S/c1-5-6-28-13-7-15(29-14(13)9-27-11-30-10-18(2,3)4)24-8-12(19(20,21)22)16(25)23-17(24)26/h1,8,13-15H,6-7,9-11H2,2-4H3,(H,23,25,26)/t13-,14+,15+/m0/s1. The smallest absolute Gasteiger partial charge is 0.368 e. The van der Waals surface area contributed by atoms with Crippen molar-refractivity contribution in [3.63, 3.8) is 0 Å². The SMILES string of the molecule is C#CCO[C@H]1C[C@H](n2cc(C(F)(F)F)c(=O)[nH]c2=O)O[C@@H]1COCSCC(C)(C)C. The van der Waals surface area contributed by atoms with Gasteiger partial charge in [-0.15, -0.1) is 18.2 Å². The van der Waals surface area contributed by atoms with E-state index < -0.39 is 41.4 Å². The van der Waals surface area contributed by atoms with Gasteiger partial charge in [0, 0.05) is 18.4 Å². The summed E-state index contributed by atoms with van der Waals surface area (Å²) in [5, 5.41) is 0. The van der Waals surface area contributed by atoms with Gasteiger partial charge >= 0.3 is 11.9 Å². The maximum Gasteiger partial charge on any atom is 0.423 e. The molecule has 0 spiro atoms. The molecule has 1 aliphatic heterocycles. The molecule has 0 radical (unpaired) electrons. The number of ether oxygens (including phenoxy) is 3. The maximum absolute atomic E-state index is 13.0. The molecule has 1 aromatic rings. The van der Waals surface area contributed by atoms with Gasteiger partial charge < -0.3 is 14.2 Å². The van der Waals surface area contributed by atoms with Crippen LogP contribution < -0.4 is 11.2 Å². The van der Waals surface area contributed by atoms with Crippen LogP contribution in [0, 0.1) is 17.8 Å². The summed E-state index contributed by atoms with van der Waals surface area (Å²) >= 11 is 1.60. The van der Waals surface area contributed by atoms with E-state index in [9.17, 15) is 22.8 Å². The largest absolute Gasteiger partial charge is 0.423 e. The number of alkyl halides is 3. The molecule has 1 aliphatic rings. The Bertz CT molecular complexity index is 869. The number of H-pyrrole nitrogens is 1. The summed E-state index contributed by atoms with van der Waals surface area (Å²) in [5.41, 5.74) is -3.85. The van der Waals surface area contributed by atoms with Gasteiger partial charge in [0.1, 0.15) is 24.5 Å². The Labute approximate surface area is 176 Å². The van der Waals surface area contributed by atoms with Crippen molar-refractivity contribution in [1.29, 1.82) is 0 Å². The quantitative estimate of drug-likeness (QED) is 0.373. The van der Waals surface area contributed by atoms with Gasteiger partial charge in [-0.2, -0.15) is 13.2 Å². The highest BCUT2D eigenvalue weighted by atomic mass is 32.2. The highest BCUT2D eigenvalue weighted by Crippen LogP contribution is 2.32. The number of hydrogen-bond donors (Lipinski definition) is 1. The Morgan fingerprint density at radius 3 is 2.67 bits per heavy atom. The summed E-state index contributed by atoms with van der Waals surface area (Å²) in [6, 6.07) is 0. The fraction of sp³-hybridized carbons (Fsp3) is 0.684. The number of rotatable bonds is 8. The van der Waals surface area contributed by atoms with E-state index in [1.165, 1.54) is 0 Å². The number of nitrogens with zero attached hydrogens (tertiary/aromatic N) is 1. The number of aromatic nitrogens is 2. The first-order valence-corrected chi connectivity index (χ1v) is 10.4. The molecule has 1 N–H and O–H groups in total. The third-order valence-electron chi connectivity index (χ3n) is 4.13. The molecule has 0 aliphatic carbocycles. The van der Waals surface area contributed by atoms with Gasteiger partial charge in [0.05, 0.1) is 18.6 Å². The molecule has 2 heterocycles. The van der Waals surface area contributed by atoms with Crippen LogP contribution in [0.25, 0.3) is 0 Å². The Balaban J connectivity index is 2.11. The fourth-order valence-corrected chi connectivity index (χ4v) is 3.73. The highest BCUT2D eigenvalue weighted by Gasteiger charge is 2.40. The summed E-state index contributed by atoms with van der Waals surface area (Å²) in [4.78, 5) is 25.3. The van der Waals surface area contributed by atoms with Crippen molar-refractivity contribution < 1.29 is 27.4 Å². The van der Waals surface area contributed by atoms with Gasteiger partial charge in [0.2, 0.25) is 0 Å². The molecule has 1 fully saturated rings. The lowest BCUT2D eigenvalue weighted by Gasteiger charge is -2.20. The topological polar surface area (TPSA) is 82.6 Å². The highest BCUT2D eigenvalue weighted by molar-refractivity contribution is 7.99. The van der Waals surface area contributed by atoms with E-state index in [4.69, 9.17) is 20.6 Å². The van der Waals surface area contributed by atoms with Gasteiger partial charge in [-0.25, -0.2) is 4.79 Å². The molecule has 0 bridgehead atoms. The second kappa shape index (κ2) is 10.0. The average molecular weight is 450 g/mol. The Morgan fingerprint density at radius 1 is 1.37 bits per heavy atom. The average Bonchev–Trinajstić information content (AvgIpc) is 3.00. The monoisotopic (exact) mass is 450 g/mol. The Hall–Kier alpha value is -1.74. The van der Waals surface area contributed by atoms with Gasteiger partial charge in [-0.1, -0.05) is 26.7 Å². The van der Waals surface area contributed by atoms with E-state index in [1.54, 1.807) is 16.7 Å². The fourth-order valence-electron chi connectivity index (χ4n) is 2.82. The van der Waals surface area contributed by atoms with E-state index >= 15 is 0 Å². The van der Waals surface area contributed by atoms with Crippen molar-refractivity contribution in [2.75, 3.05) is 24.9 Å². The summed E-state index contributed by atoms with van der Waals surface area (Å²) in [6.45, 7) is 6.40. The van der Waals surface area contributed by atoms with Crippen molar-refractivity contribution >= 4 is 11.8 Å². The van der Waals surface area contributed by atoms with E-state index in [-0.39, 0.29) is 25.0 Å². The molecule has 11 heteroatoms. The lowest BCUT2D eigenvalue weighted by molar-refractivity contribution is -0.139. The van der Waals surface area contributed by atoms with Crippen molar-refractivity contribution in [1.82, 2.24) is 9.55 Å². The summed E-state index contributed by atoms with van der Waals surface area (Å²) in [6.07, 6.45) is -1.42. The number of terminal acetylenes is 1. The molecule has 7 nitrogen and oxygen atoms in total. The van der Waals surface area contributed by atoms with Crippen LogP contribution >= 0.6 is 11.8 Å². The van der Waals surface area contributed by atoms with Crippen LogP contribution in [0.5, 0.6) is 0 Å². The molecule has 30 heavy (non-hydrogen) atoms. The zero-order valence-corrected chi connectivity index (χ0v) is 17.8. The number of thioether (sulfide) groups is 1. The third-order valence-corrected chi connectivity index (χ3v) is 5.53. The second-order valence-corrected chi connectivity index (χ2v) is 8.96. The number of halogens is 3. The van der Waals surface area contributed by atoms with Crippen LogP contribution in [0.1, 0.15) is 39.0 Å². The summed E-state index contributed by atoms with van der Waals surface area (Å²) in [7, 11) is 0. The predicted octanol–water partition coefficient (Wildman–Crippen LogP) is 2.61. The van der Waals surface area contributed by atoms with Crippen molar-refractivity contribution in [3.8, 4) is 12.3 Å². The third kappa shape index (κ3) is 6.91. The maximum atomic E-state index is 13.0. The molecule has 1 saturated heterocycles. The van der Waals surface area contributed by atoms with Crippen LogP contribution in [0.15, 0.2) is 15.8 Å². The first-order valence-electron chi connectivity index (χ1n) is 9.21. The molecule has 0 aromatic carbocycles. The van der Waals surface area contributed by atoms with Crippen molar-refractivity contribution in [3.05, 3.63) is 32.6 Å². The second-order valence-electron chi connectivity index (χ2n) is 8.02. The van der Waals surface area contributed by atoms with Crippen LogP contribution in [-0.4, -0.2) is 46.7 Å². The van der Waals surface area contributed by atoms with E-state index in [0.29, 0.717) is 16.7 Å². The molecule has 168 valence electrons. The normalized spacial score (nSPS) is 22.2. The van der Waals surface area contributed by atoms with Gasteiger partial charge in [-0.05, 0) is 5.41 Å². The number of nitrogens with one attached hydrogen (secondary N) is 1.